The molecule has 0 bridgehead atoms. The molecule has 0 aliphatic carbocycles. The summed E-state index contributed by atoms with van der Waals surface area (Å²) in [5.74, 6) is -0.248. The minimum atomic E-state index is -0.852. The number of phenols is 1. The summed E-state index contributed by atoms with van der Waals surface area (Å²) in [4.78, 5) is 26.2. The number of nitrogens with two attached hydrogens (primary N) is 1. The van der Waals surface area contributed by atoms with Crippen LogP contribution in [0.2, 0.25) is 0 Å². The fourth-order valence-corrected chi connectivity index (χ4v) is 4.90. The van der Waals surface area contributed by atoms with Crippen LogP contribution in [0, 0.1) is 5.41 Å². The monoisotopic (exact) mass is 545 g/mol. The van der Waals surface area contributed by atoms with E-state index >= 15 is 0 Å². The number of hydrogen-bond donors (Lipinski definition) is 4. The minimum Gasteiger partial charge on any atom is -0.507 e. The molecule has 0 radical (unpaired) electrons. The zero-order valence-corrected chi connectivity index (χ0v) is 22.8. The number of nitrogen functional groups attached to an aromatic ring is 1. The number of ether oxygens (including phenoxy) is 1. The van der Waals surface area contributed by atoms with E-state index in [0.717, 1.165) is 16.2 Å². The third-order valence-electron chi connectivity index (χ3n) is 7.03. The molecule has 0 aliphatic heterocycles. The second-order valence-electron chi connectivity index (χ2n) is 10.4. The molecular weight excluding hydrogens is 514 g/mol. The number of aromatic hydroxyl groups is 1. The Kier molecular flexibility index (Phi) is 7.61. The van der Waals surface area contributed by atoms with E-state index in [4.69, 9.17) is 10.5 Å². The van der Waals surface area contributed by atoms with Crippen molar-refractivity contribution >= 4 is 50.6 Å². The van der Waals surface area contributed by atoms with Gasteiger partial charge >= 0.3 is 6.09 Å². The molecule has 206 valence electrons. The number of anilines is 3. The first-order valence-corrected chi connectivity index (χ1v) is 13.2. The van der Waals surface area contributed by atoms with Crippen LogP contribution in [0.25, 0.3) is 21.5 Å². The van der Waals surface area contributed by atoms with E-state index in [1.165, 1.54) is 6.08 Å². The van der Waals surface area contributed by atoms with Crippen LogP contribution >= 0.6 is 0 Å². The minimum absolute atomic E-state index is 0.122. The lowest BCUT2D eigenvalue weighted by Crippen LogP contribution is -2.28. The van der Waals surface area contributed by atoms with Crippen LogP contribution in [-0.4, -0.2) is 17.1 Å². The predicted molar refractivity (Wildman–Crippen MR) is 165 cm³/mol. The van der Waals surface area contributed by atoms with Gasteiger partial charge in [-0.05, 0) is 41.1 Å². The average Bonchev–Trinajstić information content (AvgIpc) is 2.97. The Bertz CT molecular complexity index is 1770. The normalized spacial score (nSPS) is 12.3. The highest BCUT2D eigenvalue weighted by Crippen LogP contribution is 2.43. The van der Waals surface area contributed by atoms with Crippen molar-refractivity contribution in [3.8, 4) is 5.75 Å². The summed E-state index contributed by atoms with van der Waals surface area (Å²) in [6.07, 6.45) is 1.65. The molecule has 5 aromatic carbocycles. The number of benzene rings is 5. The molecule has 0 aliphatic rings. The number of nitrogens with one attached hydrogen (secondary N) is 2. The third kappa shape index (κ3) is 5.99. The number of fused-ring (bicyclic) bond motifs is 2. The maximum absolute atomic E-state index is 13.4. The number of amides is 2. The Morgan fingerprint density at radius 1 is 0.780 bits per heavy atom. The standard InChI is InChI=1S/C34H31N3O4/c1-34(2,21-20-31(39)36-29-16-8-7-15-27(29)35)32(26-18-19-30(38)25-14-6-5-13-24(25)26)41-33(40)37-28-17-9-11-22-10-3-4-12-23(22)28/h3-21,32,38H,35H2,1-2H3,(H,36,39)(H,37,40)/b21-20+/t32-/m0/s1. The Morgan fingerprint density at radius 3 is 2.20 bits per heavy atom. The molecule has 1 atom stereocenters. The molecule has 5 rings (SSSR count). The van der Waals surface area contributed by atoms with Gasteiger partial charge in [0.25, 0.3) is 0 Å². The van der Waals surface area contributed by atoms with Crippen molar-refractivity contribution in [2.45, 2.75) is 20.0 Å². The Balaban J connectivity index is 1.48. The molecule has 0 spiro atoms. The highest BCUT2D eigenvalue weighted by atomic mass is 16.6. The van der Waals surface area contributed by atoms with Crippen molar-refractivity contribution in [1.82, 2.24) is 0 Å². The molecule has 0 saturated carbocycles. The lowest BCUT2D eigenvalue weighted by atomic mass is 9.80. The van der Waals surface area contributed by atoms with Crippen LogP contribution in [-0.2, 0) is 9.53 Å². The summed E-state index contributed by atoms with van der Waals surface area (Å²) < 4.78 is 6.14. The van der Waals surface area contributed by atoms with Crippen molar-refractivity contribution in [1.29, 1.82) is 0 Å². The first-order valence-electron chi connectivity index (χ1n) is 13.2. The van der Waals surface area contributed by atoms with Gasteiger partial charge in [-0.15, -0.1) is 0 Å². The van der Waals surface area contributed by atoms with E-state index in [2.05, 4.69) is 10.6 Å². The lowest BCUT2D eigenvalue weighted by molar-refractivity contribution is -0.112. The number of para-hydroxylation sites is 2. The van der Waals surface area contributed by atoms with Gasteiger partial charge in [-0.25, -0.2) is 4.79 Å². The molecule has 0 heterocycles. The lowest BCUT2D eigenvalue weighted by Gasteiger charge is -2.32. The zero-order chi connectivity index (χ0) is 29.0. The van der Waals surface area contributed by atoms with E-state index < -0.39 is 17.6 Å². The van der Waals surface area contributed by atoms with E-state index in [0.29, 0.717) is 28.0 Å². The van der Waals surface area contributed by atoms with E-state index in [1.54, 1.807) is 42.5 Å². The second kappa shape index (κ2) is 11.4. The number of carbonyl (C=O) groups is 2. The number of carbonyl (C=O) groups excluding carboxylic acids is 2. The fraction of sp³-hybridized carbons (Fsp3) is 0.118. The topological polar surface area (TPSA) is 114 Å². The molecule has 5 aromatic rings. The van der Waals surface area contributed by atoms with Crippen LogP contribution < -0.4 is 16.4 Å². The van der Waals surface area contributed by atoms with Crippen molar-refractivity contribution in [2.75, 3.05) is 16.4 Å². The Hall–Kier alpha value is -5.30. The van der Waals surface area contributed by atoms with Crippen LogP contribution in [0.3, 0.4) is 0 Å². The first kappa shape index (κ1) is 27.3. The smallest absolute Gasteiger partial charge is 0.412 e. The molecule has 41 heavy (non-hydrogen) atoms. The molecule has 7 nitrogen and oxygen atoms in total. The van der Waals surface area contributed by atoms with Crippen LogP contribution in [0.15, 0.2) is 115 Å². The predicted octanol–water partition coefficient (Wildman–Crippen LogP) is 7.79. The van der Waals surface area contributed by atoms with Gasteiger partial charge in [0.15, 0.2) is 0 Å². The summed E-state index contributed by atoms with van der Waals surface area (Å²) in [5.41, 5.74) is 7.39. The maximum atomic E-state index is 13.4. The number of hydrogen-bond acceptors (Lipinski definition) is 5. The van der Waals surface area contributed by atoms with E-state index in [9.17, 15) is 14.7 Å². The van der Waals surface area contributed by atoms with E-state index in [-0.39, 0.29) is 11.7 Å². The maximum Gasteiger partial charge on any atom is 0.412 e. The van der Waals surface area contributed by atoms with Crippen LogP contribution in [0.4, 0.5) is 21.9 Å². The van der Waals surface area contributed by atoms with Crippen molar-refractivity contribution in [3.63, 3.8) is 0 Å². The number of phenolic OH excluding ortho intramolecular Hbond substituents is 1. The molecule has 0 unspecified atom stereocenters. The van der Waals surface area contributed by atoms with Gasteiger partial charge < -0.3 is 20.9 Å². The van der Waals surface area contributed by atoms with Crippen molar-refractivity contribution in [3.05, 3.63) is 121 Å². The van der Waals surface area contributed by atoms with Gasteiger partial charge in [-0.2, -0.15) is 0 Å². The Morgan fingerprint density at radius 2 is 1.41 bits per heavy atom. The van der Waals surface area contributed by atoms with Gasteiger partial charge in [-0.3, -0.25) is 10.1 Å². The average molecular weight is 546 g/mol. The zero-order valence-electron chi connectivity index (χ0n) is 22.8. The van der Waals surface area contributed by atoms with Gasteiger partial charge in [0, 0.05) is 21.8 Å². The number of rotatable bonds is 7. The van der Waals surface area contributed by atoms with Gasteiger partial charge in [-0.1, -0.05) is 98.8 Å². The summed E-state index contributed by atoms with van der Waals surface area (Å²) in [7, 11) is 0. The van der Waals surface area contributed by atoms with Crippen LogP contribution in [0.5, 0.6) is 5.75 Å². The van der Waals surface area contributed by atoms with Gasteiger partial charge in [0.2, 0.25) is 5.91 Å². The van der Waals surface area contributed by atoms with Crippen LogP contribution in [0.1, 0.15) is 25.5 Å². The molecule has 2 amide bonds. The highest BCUT2D eigenvalue weighted by molar-refractivity contribution is 6.02. The largest absolute Gasteiger partial charge is 0.507 e. The summed E-state index contributed by atoms with van der Waals surface area (Å²) in [6, 6.07) is 31.1. The van der Waals surface area contributed by atoms with E-state index in [1.807, 2.05) is 80.6 Å². The molecule has 7 heteroatoms. The van der Waals surface area contributed by atoms with Gasteiger partial charge in [0.1, 0.15) is 11.9 Å². The molecule has 0 aromatic heterocycles. The Labute approximate surface area is 238 Å². The summed E-state index contributed by atoms with van der Waals surface area (Å²) >= 11 is 0. The molecule has 0 saturated heterocycles. The van der Waals surface area contributed by atoms with Crippen molar-refractivity contribution in [2.24, 2.45) is 5.41 Å². The molecule has 5 N–H and O–H groups in total. The third-order valence-corrected chi connectivity index (χ3v) is 7.03. The quantitative estimate of drug-likeness (QED) is 0.123. The summed E-state index contributed by atoms with van der Waals surface area (Å²) in [5, 5.41) is 19.4. The fourth-order valence-electron chi connectivity index (χ4n) is 4.90. The summed E-state index contributed by atoms with van der Waals surface area (Å²) in [6.45, 7) is 3.76. The highest BCUT2D eigenvalue weighted by Gasteiger charge is 2.34. The SMILES string of the molecule is CC(C)(/C=C/C(=O)Nc1ccccc1N)[C@@H](OC(=O)Nc1cccc2ccccc12)c1ccc(O)c2ccccc12. The van der Waals surface area contributed by atoms with Gasteiger partial charge in [0.05, 0.1) is 17.1 Å². The first-order chi connectivity index (χ1) is 19.7. The molecule has 0 fully saturated rings. The van der Waals surface area contributed by atoms with Crippen molar-refractivity contribution < 1.29 is 19.4 Å². The molecular formula is C34H31N3O4. The second-order valence-corrected chi connectivity index (χ2v) is 10.4.